The van der Waals surface area contributed by atoms with Gasteiger partial charge in [0.05, 0.1) is 5.92 Å². The standard InChI is InChI=1S/C11H18N2OS/c14-11(8-5-12-6-8)13(9-1-2-9)10-3-4-15-7-10/h8-10,12H,1-7H2/t10-/m1/s1. The van der Waals surface area contributed by atoms with Crippen molar-refractivity contribution in [3.8, 4) is 0 Å². The van der Waals surface area contributed by atoms with Crippen molar-refractivity contribution in [1.82, 2.24) is 10.2 Å². The summed E-state index contributed by atoms with van der Waals surface area (Å²) in [4.78, 5) is 14.5. The molecule has 1 saturated carbocycles. The Kier molecular flexibility index (Phi) is 2.64. The molecule has 1 aliphatic carbocycles. The van der Waals surface area contributed by atoms with Crippen molar-refractivity contribution < 1.29 is 4.79 Å². The molecular formula is C11H18N2OS. The summed E-state index contributed by atoms with van der Waals surface area (Å²) in [7, 11) is 0. The lowest BCUT2D eigenvalue weighted by Gasteiger charge is -2.36. The Labute approximate surface area is 95.0 Å². The molecule has 0 unspecified atom stereocenters. The molecule has 2 heterocycles. The summed E-state index contributed by atoms with van der Waals surface area (Å²) >= 11 is 2.00. The molecule has 0 radical (unpaired) electrons. The number of hydrogen-bond donors (Lipinski definition) is 1. The van der Waals surface area contributed by atoms with Crippen LogP contribution in [-0.2, 0) is 4.79 Å². The van der Waals surface area contributed by atoms with E-state index in [2.05, 4.69) is 10.2 Å². The molecule has 0 spiro atoms. The highest BCUT2D eigenvalue weighted by atomic mass is 32.2. The molecule has 15 heavy (non-hydrogen) atoms. The predicted molar refractivity (Wildman–Crippen MR) is 62.0 cm³/mol. The van der Waals surface area contributed by atoms with E-state index in [4.69, 9.17) is 0 Å². The molecule has 1 N–H and O–H groups in total. The normalized spacial score (nSPS) is 31.3. The van der Waals surface area contributed by atoms with Gasteiger partial charge in [-0.05, 0) is 25.0 Å². The van der Waals surface area contributed by atoms with Crippen LogP contribution in [0.15, 0.2) is 0 Å². The number of thioether (sulfide) groups is 1. The van der Waals surface area contributed by atoms with Crippen molar-refractivity contribution in [2.45, 2.75) is 31.3 Å². The maximum absolute atomic E-state index is 12.3. The van der Waals surface area contributed by atoms with Crippen molar-refractivity contribution in [3.63, 3.8) is 0 Å². The van der Waals surface area contributed by atoms with E-state index in [1.165, 1.54) is 30.8 Å². The van der Waals surface area contributed by atoms with Crippen LogP contribution in [0, 0.1) is 5.92 Å². The summed E-state index contributed by atoms with van der Waals surface area (Å²) in [5, 5.41) is 3.19. The summed E-state index contributed by atoms with van der Waals surface area (Å²) in [6.45, 7) is 1.81. The van der Waals surface area contributed by atoms with Gasteiger partial charge in [0.25, 0.3) is 0 Å². The molecule has 0 aromatic rings. The van der Waals surface area contributed by atoms with E-state index in [0.717, 1.165) is 13.1 Å². The van der Waals surface area contributed by atoms with Gasteiger partial charge in [-0.15, -0.1) is 0 Å². The van der Waals surface area contributed by atoms with Crippen molar-refractivity contribution >= 4 is 17.7 Å². The molecule has 1 amide bonds. The van der Waals surface area contributed by atoms with E-state index in [-0.39, 0.29) is 5.92 Å². The number of nitrogens with one attached hydrogen (secondary N) is 1. The lowest BCUT2D eigenvalue weighted by molar-refractivity contribution is -0.139. The maximum atomic E-state index is 12.3. The Morgan fingerprint density at radius 1 is 1.20 bits per heavy atom. The highest BCUT2D eigenvalue weighted by molar-refractivity contribution is 7.99. The van der Waals surface area contributed by atoms with Gasteiger partial charge in [-0.2, -0.15) is 11.8 Å². The fourth-order valence-electron chi connectivity index (χ4n) is 2.43. The third-order valence-corrected chi connectivity index (χ3v) is 4.77. The lowest BCUT2D eigenvalue weighted by Crippen LogP contribution is -2.55. The molecule has 0 bridgehead atoms. The molecular weight excluding hydrogens is 208 g/mol. The summed E-state index contributed by atoms with van der Waals surface area (Å²) < 4.78 is 0. The summed E-state index contributed by atoms with van der Waals surface area (Å²) in [6, 6.07) is 1.15. The summed E-state index contributed by atoms with van der Waals surface area (Å²) in [5.74, 6) is 3.13. The van der Waals surface area contributed by atoms with Crippen molar-refractivity contribution in [2.24, 2.45) is 5.92 Å². The minimum atomic E-state index is 0.288. The monoisotopic (exact) mass is 226 g/mol. The van der Waals surface area contributed by atoms with Crippen LogP contribution >= 0.6 is 11.8 Å². The molecule has 3 fully saturated rings. The van der Waals surface area contributed by atoms with E-state index >= 15 is 0 Å². The number of carbonyl (C=O) groups is 1. The molecule has 3 aliphatic rings. The fourth-order valence-corrected chi connectivity index (χ4v) is 3.63. The zero-order chi connectivity index (χ0) is 10.3. The Morgan fingerprint density at radius 2 is 2.00 bits per heavy atom. The van der Waals surface area contributed by atoms with Crippen LogP contribution in [0.3, 0.4) is 0 Å². The molecule has 1 atom stereocenters. The second-order valence-electron chi connectivity index (χ2n) is 4.85. The first-order chi connectivity index (χ1) is 7.36. The fraction of sp³-hybridized carbons (Fsp3) is 0.909. The average Bonchev–Trinajstić information content (AvgIpc) is 2.78. The van der Waals surface area contributed by atoms with Gasteiger partial charge in [0, 0.05) is 30.9 Å². The molecule has 2 aliphatic heterocycles. The molecule has 3 rings (SSSR count). The van der Waals surface area contributed by atoms with Gasteiger partial charge in [0.1, 0.15) is 0 Å². The van der Waals surface area contributed by atoms with Crippen LogP contribution in [0.4, 0.5) is 0 Å². The van der Waals surface area contributed by atoms with E-state index in [9.17, 15) is 4.79 Å². The summed E-state index contributed by atoms with van der Waals surface area (Å²) in [5.41, 5.74) is 0. The maximum Gasteiger partial charge on any atom is 0.228 e. The topological polar surface area (TPSA) is 32.3 Å². The molecule has 0 aromatic carbocycles. The van der Waals surface area contributed by atoms with Crippen LogP contribution in [-0.4, -0.2) is 47.5 Å². The van der Waals surface area contributed by atoms with Gasteiger partial charge >= 0.3 is 0 Å². The van der Waals surface area contributed by atoms with E-state index in [1.54, 1.807) is 0 Å². The Hall–Kier alpha value is -0.220. The third-order valence-electron chi connectivity index (χ3n) is 3.62. The van der Waals surface area contributed by atoms with Gasteiger partial charge in [-0.25, -0.2) is 0 Å². The Morgan fingerprint density at radius 3 is 2.47 bits per heavy atom. The number of nitrogens with zero attached hydrogens (tertiary/aromatic N) is 1. The van der Waals surface area contributed by atoms with Gasteiger partial charge in [-0.1, -0.05) is 0 Å². The first kappa shape index (κ1) is 9.97. The number of carbonyl (C=O) groups excluding carboxylic acids is 1. The molecule has 0 aromatic heterocycles. The smallest absolute Gasteiger partial charge is 0.228 e. The van der Waals surface area contributed by atoms with E-state index in [1.807, 2.05) is 11.8 Å². The van der Waals surface area contributed by atoms with Gasteiger partial charge in [-0.3, -0.25) is 4.79 Å². The number of rotatable bonds is 3. The van der Waals surface area contributed by atoms with Crippen LogP contribution in [0.5, 0.6) is 0 Å². The SMILES string of the molecule is O=C(C1CNC1)N(C1CC1)[C@@H]1CCSC1. The highest BCUT2D eigenvalue weighted by Crippen LogP contribution is 2.35. The third kappa shape index (κ3) is 1.89. The minimum absolute atomic E-state index is 0.288. The number of amides is 1. The molecule has 4 heteroatoms. The zero-order valence-corrected chi connectivity index (χ0v) is 9.76. The first-order valence-corrected chi connectivity index (χ1v) is 7.12. The number of hydrogen-bond acceptors (Lipinski definition) is 3. The van der Waals surface area contributed by atoms with E-state index in [0.29, 0.717) is 18.0 Å². The van der Waals surface area contributed by atoms with E-state index < -0.39 is 0 Å². The quantitative estimate of drug-likeness (QED) is 0.769. The van der Waals surface area contributed by atoms with Crippen LogP contribution in [0.25, 0.3) is 0 Å². The van der Waals surface area contributed by atoms with Crippen molar-refractivity contribution in [2.75, 3.05) is 24.6 Å². The zero-order valence-electron chi connectivity index (χ0n) is 8.95. The lowest BCUT2D eigenvalue weighted by atomic mass is 10.0. The van der Waals surface area contributed by atoms with Crippen LogP contribution < -0.4 is 5.32 Å². The van der Waals surface area contributed by atoms with Crippen molar-refractivity contribution in [3.05, 3.63) is 0 Å². The molecule has 84 valence electrons. The van der Waals surface area contributed by atoms with Gasteiger partial charge in [0.2, 0.25) is 5.91 Å². The van der Waals surface area contributed by atoms with Gasteiger partial charge in [0.15, 0.2) is 0 Å². The predicted octanol–water partition coefficient (Wildman–Crippen LogP) is 0.702. The van der Waals surface area contributed by atoms with Crippen LogP contribution in [0.2, 0.25) is 0 Å². The molecule has 3 nitrogen and oxygen atoms in total. The highest BCUT2D eigenvalue weighted by Gasteiger charge is 2.42. The average molecular weight is 226 g/mol. The Balaban J connectivity index is 1.68. The summed E-state index contributed by atoms with van der Waals surface area (Å²) in [6.07, 6.45) is 3.70. The minimum Gasteiger partial charge on any atom is -0.336 e. The first-order valence-electron chi connectivity index (χ1n) is 5.97. The van der Waals surface area contributed by atoms with Crippen LogP contribution in [0.1, 0.15) is 19.3 Å². The van der Waals surface area contributed by atoms with Crippen molar-refractivity contribution in [1.29, 1.82) is 0 Å². The second kappa shape index (κ2) is 3.98. The molecule has 2 saturated heterocycles. The van der Waals surface area contributed by atoms with Gasteiger partial charge < -0.3 is 10.2 Å². The second-order valence-corrected chi connectivity index (χ2v) is 6.00. The largest absolute Gasteiger partial charge is 0.336 e. The Bertz CT molecular complexity index is 257.